The fourth-order valence-corrected chi connectivity index (χ4v) is 2.42. The van der Waals surface area contributed by atoms with E-state index in [0.29, 0.717) is 5.88 Å². The van der Waals surface area contributed by atoms with Crippen LogP contribution in [0.25, 0.3) is 11.0 Å². The zero-order valence-electron chi connectivity index (χ0n) is 9.21. The van der Waals surface area contributed by atoms with E-state index < -0.39 is 0 Å². The molecule has 86 valence electrons. The molecule has 1 aromatic carbocycles. The summed E-state index contributed by atoms with van der Waals surface area (Å²) in [7, 11) is 0. The monoisotopic (exact) mass is 300 g/mol. The third-order valence-corrected chi connectivity index (χ3v) is 3.24. The predicted molar refractivity (Wildman–Crippen MR) is 72.1 cm³/mol. The van der Waals surface area contributed by atoms with Crippen molar-refractivity contribution in [2.24, 2.45) is 0 Å². The van der Waals surface area contributed by atoms with Gasteiger partial charge >= 0.3 is 0 Å². The highest BCUT2D eigenvalue weighted by molar-refractivity contribution is 9.10. The summed E-state index contributed by atoms with van der Waals surface area (Å²) >= 11 is 9.27. The van der Waals surface area contributed by atoms with E-state index in [2.05, 4.69) is 50.6 Å². The molecule has 2 aromatic rings. The Morgan fingerprint density at radius 1 is 1.44 bits per heavy atom. The van der Waals surface area contributed by atoms with Crippen molar-refractivity contribution < 1.29 is 0 Å². The molecule has 2 rings (SSSR count). The third kappa shape index (κ3) is 2.25. The Balaban J connectivity index is 2.56. The van der Waals surface area contributed by atoms with Crippen LogP contribution in [0.15, 0.2) is 22.7 Å². The van der Waals surface area contributed by atoms with E-state index in [4.69, 9.17) is 11.6 Å². The molecule has 1 aromatic heterocycles. The molecule has 16 heavy (non-hydrogen) atoms. The second-order valence-electron chi connectivity index (χ2n) is 3.75. The number of aryl methyl sites for hydroxylation is 2. The maximum atomic E-state index is 5.80. The van der Waals surface area contributed by atoms with Gasteiger partial charge in [-0.15, -0.1) is 11.6 Å². The van der Waals surface area contributed by atoms with Crippen molar-refractivity contribution in [2.45, 2.75) is 26.3 Å². The summed E-state index contributed by atoms with van der Waals surface area (Å²) in [5.74, 6) is 1.71. The SMILES string of the molecule is CCCn1c(CCCl)nc2cc(Br)ccc21. The Kier molecular flexibility index (Phi) is 3.87. The molecule has 0 aliphatic carbocycles. The lowest BCUT2D eigenvalue weighted by Crippen LogP contribution is -2.03. The lowest BCUT2D eigenvalue weighted by molar-refractivity contribution is 0.660. The molecule has 0 saturated heterocycles. The van der Waals surface area contributed by atoms with Gasteiger partial charge in [0.05, 0.1) is 11.0 Å². The van der Waals surface area contributed by atoms with Gasteiger partial charge < -0.3 is 4.57 Å². The molecule has 0 radical (unpaired) electrons. The number of imidazole rings is 1. The quantitative estimate of drug-likeness (QED) is 0.781. The maximum Gasteiger partial charge on any atom is 0.111 e. The summed E-state index contributed by atoms with van der Waals surface area (Å²) in [6.45, 7) is 3.18. The van der Waals surface area contributed by atoms with Crippen LogP contribution in [0.3, 0.4) is 0 Å². The summed E-state index contributed by atoms with van der Waals surface area (Å²) in [5, 5.41) is 0. The van der Waals surface area contributed by atoms with Crippen LogP contribution in [0.5, 0.6) is 0 Å². The minimum Gasteiger partial charge on any atom is -0.328 e. The second-order valence-corrected chi connectivity index (χ2v) is 5.05. The van der Waals surface area contributed by atoms with Crippen molar-refractivity contribution in [1.82, 2.24) is 9.55 Å². The van der Waals surface area contributed by atoms with E-state index in [1.54, 1.807) is 0 Å². The van der Waals surface area contributed by atoms with E-state index in [9.17, 15) is 0 Å². The molecule has 4 heteroatoms. The summed E-state index contributed by atoms with van der Waals surface area (Å²) < 4.78 is 3.34. The first-order valence-corrected chi connectivity index (χ1v) is 6.79. The zero-order chi connectivity index (χ0) is 11.5. The number of hydrogen-bond acceptors (Lipinski definition) is 1. The van der Waals surface area contributed by atoms with Crippen LogP contribution in [0, 0.1) is 0 Å². The highest BCUT2D eigenvalue weighted by Crippen LogP contribution is 2.21. The minimum absolute atomic E-state index is 0.619. The molecule has 0 N–H and O–H groups in total. The second kappa shape index (κ2) is 5.19. The number of nitrogens with zero attached hydrogens (tertiary/aromatic N) is 2. The largest absolute Gasteiger partial charge is 0.328 e. The van der Waals surface area contributed by atoms with Crippen LogP contribution in [-0.2, 0) is 13.0 Å². The standard InChI is InChI=1S/C12H14BrClN2/c1-2-7-16-11-4-3-9(13)8-10(11)15-12(16)5-6-14/h3-4,8H,2,5-7H2,1H3. The molecule has 2 nitrogen and oxygen atoms in total. The van der Waals surface area contributed by atoms with Gasteiger partial charge in [0.25, 0.3) is 0 Å². The number of alkyl halides is 1. The number of benzene rings is 1. The first-order valence-electron chi connectivity index (χ1n) is 5.47. The molecule has 0 amide bonds. The molecular formula is C12H14BrClN2. The van der Waals surface area contributed by atoms with Crippen molar-refractivity contribution in [3.63, 3.8) is 0 Å². The van der Waals surface area contributed by atoms with Gasteiger partial charge in [-0.2, -0.15) is 0 Å². The van der Waals surface area contributed by atoms with Crippen molar-refractivity contribution in [1.29, 1.82) is 0 Å². The third-order valence-electron chi connectivity index (χ3n) is 2.55. The van der Waals surface area contributed by atoms with Crippen LogP contribution < -0.4 is 0 Å². The van der Waals surface area contributed by atoms with Crippen molar-refractivity contribution in [3.8, 4) is 0 Å². The molecule has 0 aliphatic rings. The normalized spacial score (nSPS) is 11.2. The predicted octanol–water partition coefficient (Wildman–Crippen LogP) is 3.99. The maximum absolute atomic E-state index is 5.80. The first kappa shape index (κ1) is 11.9. The van der Waals surface area contributed by atoms with Gasteiger partial charge in [-0.25, -0.2) is 4.98 Å². The lowest BCUT2D eigenvalue weighted by Gasteiger charge is -2.06. The summed E-state index contributed by atoms with van der Waals surface area (Å²) in [4.78, 5) is 4.63. The zero-order valence-corrected chi connectivity index (χ0v) is 11.6. The molecule has 0 spiro atoms. The average Bonchev–Trinajstić information content (AvgIpc) is 2.57. The number of halogens is 2. The summed E-state index contributed by atoms with van der Waals surface area (Å²) in [5.41, 5.74) is 2.24. The van der Waals surface area contributed by atoms with Crippen LogP contribution in [0.2, 0.25) is 0 Å². The lowest BCUT2D eigenvalue weighted by atomic mass is 10.3. The molecule has 0 bridgehead atoms. The molecule has 0 fully saturated rings. The van der Waals surface area contributed by atoms with E-state index in [1.165, 1.54) is 5.52 Å². The smallest absolute Gasteiger partial charge is 0.111 e. The van der Waals surface area contributed by atoms with Crippen LogP contribution in [0.4, 0.5) is 0 Å². The average molecular weight is 302 g/mol. The van der Waals surface area contributed by atoms with Crippen LogP contribution in [0.1, 0.15) is 19.2 Å². The molecule has 0 aliphatic heterocycles. The number of rotatable bonds is 4. The van der Waals surface area contributed by atoms with Crippen LogP contribution >= 0.6 is 27.5 Å². The molecule has 0 saturated carbocycles. The van der Waals surface area contributed by atoms with E-state index in [1.807, 2.05) is 0 Å². The Hall–Kier alpha value is -0.540. The van der Waals surface area contributed by atoms with Crippen LogP contribution in [-0.4, -0.2) is 15.4 Å². The van der Waals surface area contributed by atoms with Gasteiger partial charge in [0.15, 0.2) is 0 Å². The number of aromatic nitrogens is 2. The molecule has 0 atom stereocenters. The highest BCUT2D eigenvalue weighted by atomic mass is 79.9. The van der Waals surface area contributed by atoms with Gasteiger partial charge in [-0.3, -0.25) is 0 Å². The Morgan fingerprint density at radius 2 is 2.25 bits per heavy atom. The highest BCUT2D eigenvalue weighted by Gasteiger charge is 2.09. The summed E-state index contributed by atoms with van der Waals surface area (Å²) in [6.07, 6.45) is 1.94. The van der Waals surface area contributed by atoms with Gasteiger partial charge in [0, 0.05) is 23.3 Å². The minimum atomic E-state index is 0.619. The van der Waals surface area contributed by atoms with Crippen molar-refractivity contribution in [2.75, 3.05) is 5.88 Å². The number of hydrogen-bond donors (Lipinski definition) is 0. The molecule has 0 unspecified atom stereocenters. The number of fused-ring (bicyclic) bond motifs is 1. The topological polar surface area (TPSA) is 17.8 Å². The Labute approximate surface area is 109 Å². The Morgan fingerprint density at radius 3 is 2.94 bits per heavy atom. The molecular weight excluding hydrogens is 288 g/mol. The van der Waals surface area contributed by atoms with E-state index >= 15 is 0 Å². The van der Waals surface area contributed by atoms with Gasteiger partial charge in [0.1, 0.15) is 5.82 Å². The van der Waals surface area contributed by atoms with E-state index in [0.717, 1.165) is 35.2 Å². The van der Waals surface area contributed by atoms with E-state index in [-0.39, 0.29) is 0 Å². The fourth-order valence-electron chi connectivity index (χ4n) is 1.90. The van der Waals surface area contributed by atoms with Gasteiger partial charge in [-0.05, 0) is 24.6 Å². The van der Waals surface area contributed by atoms with Crippen molar-refractivity contribution >= 4 is 38.6 Å². The first-order chi connectivity index (χ1) is 7.76. The van der Waals surface area contributed by atoms with Crippen molar-refractivity contribution in [3.05, 3.63) is 28.5 Å². The van der Waals surface area contributed by atoms with Gasteiger partial charge in [0.2, 0.25) is 0 Å². The fraction of sp³-hybridized carbons (Fsp3) is 0.417. The van der Waals surface area contributed by atoms with Gasteiger partial charge in [-0.1, -0.05) is 22.9 Å². The Bertz CT molecular complexity index is 493. The summed E-state index contributed by atoms with van der Waals surface area (Å²) in [6, 6.07) is 6.22. The molecule has 1 heterocycles.